The summed E-state index contributed by atoms with van der Waals surface area (Å²) < 4.78 is 11.0. The van der Waals surface area contributed by atoms with Crippen molar-refractivity contribution >= 4 is 0 Å². The van der Waals surface area contributed by atoms with Gasteiger partial charge in [-0.05, 0) is 30.0 Å². The van der Waals surface area contributed by atoms with Gasteiger partial charge >= 0.3 is 0 Å². The van der Waals surface area contributed by atoms with Gasteiger partial charge in [0.2, 0.25) is 0 Å². The van der Waals surface area contributed by atoms with E-state index in [0.29, 0.717) is 5.92 Å². The Bertz CT molecular complexity index is 419. The van der Waals surface area contributed by atoms with Crippen molar-refractivity contribution in [1.82, 2.24) is 0 Å². The molecule has 0 spiro atoms. The van der Waals surface area contributed by atoms with Crippen LogP contribution in [0.2, 0.25) is 0 Å². The molecule has 3 nitrogen and oxygen atoms in total. The van der Waals surface area contributed by atoms with Crippen molar-refractivity contribution in [3.63, 3.8) is 0 Å². The van der Waals surface area contributed by atoms with Crippen LogP contribution in [0.25, 0.3) is 0 Å². The maximum Gasteiger partial charge on any atom is 0.0725 e. The number of hydrogen-bond acceptors (Lipinski definition) is 3. The summed E-state index contributed by atoms with van der Waals surface area (Å²) in [6.07, 6.45) is 1.34. The van der Waals surface area contributed by atoms with Crippen LogP contribution >= 0.6 is 0 Å². The van der Waals surface area contributed by atoms with Gasteiger partial charge in [0.25, 0.3) is 0 Å². The lowest BCUT2D eigenvalue weighted by Gasteiger charge is -2.22. The number of nitrogens with two attached hydrogens (primary N) is 1. The lowest BCUT2D eigenvalue weighted by Crippen LogP contribution is -2.26. The van der Waals surface area contributed by atoms with E-state index in [4.69, 9.17) is 15.2 Å². The molecule has 1 fully saturated rings. The predicted molar refractivity (Wildman–Crippen MR) is 65.4 cm³/mol. The highest BCUT2D eigenvalue weighted by Gasteiger charge is 2.30. The lowest BCUT2D eigenvalue weighted by atomic mass is 9.88. The zero-order valence-electron chi connectivity index (χ0n) is 10.2. The van der Waals surface area contributed by atoms with E-state index in [1.165, 1.54) is 16.7 Å². The van der Waals surface area contributed by atoms with E-state index in [2.05, 4.69) is 25.1 Å². The molecule has 2 aliphatic rings. The molecule has 3 unspecified atom stereocenters. The van der Waals surface area contributed by atoms with Gasteiger partial charge in [0.15, 0.2) is 0 Å². The Morgan fingerprint density at radius 3 is 2.88 bits per heavy atom. The molecule has 1 aromatic carbocycles. The Kier molecular flexibility index (Phi) is 2.90. The highest BCUT2D eigenvalue weighted by Crippen LogP contribution is 2.33. The van der Waals surface area contributed by atoms with Gasteiger partial charge in [0.1, 0.15) is 0 Å². The monoisotopic (exact) mass is 233 g/mol. The minimum Gasteiger partial charge on any atom is -0.378 e. The van der Waals surface area contributed by atoms with Gasteiger partial charge in [0.05, 0.1) is 19.3 Å². The smallest absolute Gasteiger partial charge is 0.0725 e. The van der Waals surface area contributed by atoms with Crippen LogP contribution in [0.4, 0.5) is 0 Å². The number of fused-ring (bicyclic) bond motifs is 1. The summed E-state index contributed by atoms with van der Waals surface area (Å²) in [5, 5.41) is 0. The van der Waals surface area contributed by atoms with Gasteiger partial charge in [0, 0.05) is 18.6 Å². The zero-order valence-corrected chi connectivity index (χ0v) is 10.2. The fourth-order valence-electron chi connectivity index (χ4n) is 2.87. The van der Waals surface area contributed by atoms with Crippen LogP contribution < -0.4 is 5.73 Å². The standard InChI is InChI=1S/C14H19NO2/c1-9-13(4-5-17-9)14(15)10-2-3-11-7-16-8-12(11)6-10/h2-3,6,9,13-14H,4-5,7-8,15H2,1H3. The quantitative estimate of drug-likeness (QED) is 0.851. The van der Waals surface area contributed by atoms with Crippen molar-refractivity contribution in [2.45, 2.75) is 38.7 Å². The van der Waals surface area contributed by atoms with E-state index in [0.717, 1.165) is 26.2 Å². The highest BCUT2D eigenvalue weighted by atomic mass is 16.5. The fraction of sp³-hybridized carbons (Fsp3) is 0.571. The van der Waals surface area contributed by atoms with Crippen molar-refractivity contribution in [3.05, 3.63) is 34.9 Å². The van der Waals surface area contributed by atoms with Crippen LogP contribution in [0.15, 0.2) is 18.2 Å². The van der Waals surface area contributed by atoms with Crippen LogP contribution in [-0.4, -0.2) is 12.7 Å². The van der Waals surface area contributed by atoms with Gasteiger partial charge in [-0.2, -0.15) is 0 Å². The molecular formula is C14H19NO2. The maximum absolute atomic E-state index is 6.36. The summed E-state index contributed by atoms with van der Waals surface area (Å²) in [7, 11) is 0. The third kappa shape index (κ3) is 1.99. The lowest BCUT2D eigenvalue weighted by molar-refractivity contribution is 0.0995. The van der Waals surface area contributed by atoms with E-state index in [9.17, 15) is 0 Å². The molecule has 0 saturated carbocycles. The highest BCUT2D eigenvalue weighted by molar-refractivity contribution is 5.34. The topological polar surface area (TPSA) is 44.5 Å². The van der Waals surface area contributed by atoms with E-state index >= 15 is 0 Å². The van der Waals surface area contributed by atoms with Crippen molar-refractivity contribution in [1.29, 1.82) is 0 Å². The molecule has 1 saturated heterocycles. The van der Waals surface area contributed by atoms with Gasteiger partial charge in [-0.3, -0.25) is 0 Å². The summed E-state index contributed by atoms with van der Waals surface area (Å²) in [4.78, 5) is 0. The molecule has 0 radical (unpaired) electrons. The Labute approximate surface area is 102 Å². The molecule has 1 aromatic rings. The molecule has 2 heterocycles. The third-order valence-electron chi connectivity index (χ3n) is 4.03. The molecule has 0 aromatic heterocycles. The molecule has 17 heavy (non-hydrogen) atoms. The van der Waals surface area contributed by atoms with E-state index in [-0.39, 0.29) is 12.1 Å². The van der Waals surface area contributed by atoms with Crippen LogP contribution in [-0.2, 0) is 22.7 Å². The van der Waals surface area contributed by atoms with Gasteiger partial charge in [-0.25, -0.2) is 0 Å². The first-order chi connectivity index (χ1) is 8.25. The van der Waals surface area contributed by atoms with E-state index in [1.54, 1.807) is 0 Å². The molecule has 2 aliphatic heterocycles. The van der Waals surface area contributed by atoms with Crippen LogP contribution in [0, 0.1) is 5.92 Å². The predicted octanol–water partition coefficient (Wildman–Crippen LogP) is 2.14. The second-order valence-corrected chi connectivity index (χ2v) is 5.08. The van der Waals surface area contributed by atoms with Crippen molar-refractivity contribution in [3.8, 4) is 0 Å². The summed E-state index contributed by atoms with van der Waals surface area (Å²) in [6.45, 7) is 4.43. The van der Waals surface area contributed by atoms with Crippen LogP contribution in [0.1, 0.15) is 36.1 Å². The summed E-state index contributed by atoms with van der Waals surface area (Å²) in [5.74, 6) is 0.440. The largest absolute Gasteiger partial charge is 0.378 e. The Morgan fingerprint density at radius 1 is 1.29 bits per heavy atom. The molecule has 92 valence electrons. The maximum atomic E-state index is 6.36. The first-order valence-electron chi connectivity index (χ1n) is 6.32. The normalized spacial score (nSPS) is 29.3. The van der Waals surface area contributed by atoms with Gasteiger partial charge < -0.3 is 15.2 Å². The summed E-state index contributed by atoms with van der Waals surface area (Å²) in [6, 6.07) is 6.58. The van der Waals surface area contributed by atoms with Gasteiger partial charge in [-0.1, -0.05) is 18.2 Å². The van der Waals surface area contributed by atoms with E-state index in [1.807, 2.05) is 0 Å². The average Bonchev–Trinajstić information content (AvgIpc) is 2.95. The van der Waals surface area contributed by atoms with Gasteiger partial charge in [-0.15, -0.1) is 0 Å². The molecule has 2 N–H and O–H groups in total. The van der Waals surface area contributed by atoms with Crippen LogP contribution in [0.5, 0.6) is 0 Å². The summed E-state index contributed by atoms with van der Waals surface area (Å²) >= 11 is 0. The Hall–Kier alpha value is -0.900. The van der Waals surface area contributed by atoms with E-state index < -0.39 is 0 Å². The first-order valence-corrected chi connectivity index (χ1v) is 6.32. The Balaban J connectivity index is 1.83. The molecule has 3 heteroatoms. The fourth-order valence-corrected chi connectivity index (χ4v) is 2.87. The molecule has 0 amide bonds. The third-order valence-corrected chi connectivity index (χ3v) is 4.03. The van der Waals surface area contributed by atoms with Crippen LogP contribution in [0.3, 0.4) is 0 Å². The molecule has 3 rings (SSSR count). The minimum absolute atomic E-state index is 0.0819. The second kappa shape index (κ2) is 4.41. The first kappa shape index (κ1) is 11.2. The van der Waals surface area contributed by atoms with Crippen molar-refractivity contribution in [2.75, 3.05) is 6.61 Å². The number of rotatable bonds is 2. The molecule has 3 atom stereocenters. The molecular weight excluding hydrogens is 214 g/mol. The number of benzene rings is 1. The van der Waals surface area contributed by atoms with Crippen molar-refractivity contribution in [2.24, 2.45) is 11.7 Å². The SMILES string of the molecule is CC1OCCC1C(N)c1ccc2c(c1)COC2. The number of hydrogen-bond donors (Lipinski definition) is 1. The molecule has 0 aliphatic carbocycles. The average molecular weight is 233 g/mol. The van der Waals surface area contributed by atoms with Crippen molar-refractivity contribution < 1.29 is 9.47 Å². The summed E-state index contributed by atoms with van der Waals surface area (Å²) in [5.41, 5.74) is 10.2. The Morgan fingerprint density at radius 2 is 2.12 bits per heavy atom. The zero-order chi connectivity index (χ0) is 11.8. The minimum atomic E-state index is 0.0819. The number of ether oxygens (including phenoxy) is 2. The molecule has 0 bridgehead atoms. The second-order valence-electron chi connectivity index (χ2n) is 5.08.